The lowest BCUT2D eigenvalue weighted by atomic mass is 10.0. The number of carbonyl (C=O) groups excluding carboxylic acids is 2. The fourth-order valence-electron chi connectivity index (χ4n) is 2.28. The molecule has 0 spiro atoms. The quantitative estimate of drug-likeness (QED) is 0.775. The van der Waals surface area contributed by atoms with E-state index in [1.165, 1.54) is 0 Å². The van der Waals surface area contributed by atoms with Crippen LogP contribution in [0.4, 0.5) is 4.79 Å². The van der Waals surface area contributed by atoms with Gasteiger partial charge < -0.3 is 14.8 Å². The first kappa shape index (κ1) is 18.5. The van der Waals surface area contributed by atoms with Gasteiger partial charge in [-0.3, -0.25) is 0 Å². The molecule has 0 aliphatic rings. The van der Waals surface area contributed by atoms with Crippen LogP contribution in [0.5, 0.6) is 5.75 Å². The number of ether oxygens (including phenoxy) is 2. The standard InChI is InChI=1S/C20H23NO4/c1-15(2)13-18(19(22)24-14-16-9-5-3-6-10-16)21-20(23)25-17-11-7-4-8-12-17/h3-12,15,18H,13-14H2,1-2H3,(H,21,23)/t18-/m0/s1. The third kappa shape index (κ3) is 6.67. The Morgan fingerprint density at radius 3 is 2.16 bits per heavy atom. The summed E-state index contributed by atoms with van der Waals surface area (Å²) in [5.74, 6) is 0.162. The molecule has 0 unspecified atom stereocenters. The Labute approximate surface area is 148 Å². The second-order valence-corrected chi connectivity index (χ2v) is 6.12. The number of hydrogen-bond donors (Lipinski definition) is 1. The highest BCUT2D eigenvalue weighted by Gasteiger charge is 2.24. The van der Waals surface area contributed by atoms with E-state index in [1.54, 1.807) is 24.3 Å². The lowest BCUT2D eigenvalue weighted by Gasteiger charge is -2.19. The molecule has 0 aromatic heterocycles. The highest BCUT2D eigenvalue weighted by Crippen LogP contribution is 2.11. The zero-order chi connectivity index (χ0) is 18.1. The van der Waals surface area contributed by atoms with Crippen molar-refractivity contribution in [1.29, 1.82) is 0 Å². The molecule has 0 aliphatic carbocycles. The molecule has 2 aromatic rings. The maximum absolute atomic E-state index is 12.3. The molecule has 5 heteroatoms. The Bertz CT molecular complexity index is 671. The van der Waals surface area contributed by atoms with Crippen molar-refractivity contribution in [3.63, 3.8) is 0 Å². The van der Waals surface area contributed by atoms with Gasteiger partial charge in [-0.15, -0.1) is 0 Å². The van der Waals surface area contributed by atoms with E-state index in [-0.39, 0.29) is 12.5 Å². The molecule has 25 heavy (non-hydrogen) atoms. The van der Waals surface area contributed by atoms with E-state index in [2.05, 4.69) is 5.32 Å². The first-order chi connectivity index (χ1) is 12.0. The Kier molecular flexibility index (Phi) is 7.01. The second kappa shape index (κ2) is 9.47. The average Bonchev–Trinajstić information content (AvgIpc) is 2.60. The monoisotopic (exact) mass is 341 g/mol. The van der Waals surface area contributed by atoms with Crippen LogP contribution in [0, 0.1) is 5.92 Å². The Morgan fingerprint density at radius 1 is 0.960 bits per heavy atom. The van der Waals surface area contributed by atoms with Crippen molar-refractivity contribution in [2.75, 3.05) is 0 Å². The molecule has 0 aliphatic heterocycles. The maximum atomic E-state index is 12.3. The van der Waals surface area contributed by atoms with E-state index >= 15 is 0 Å². The van der Waals surface area contributed by atoms with Crippen LogP contribution in [-0.4, -0.2) is 18.1 Å². The van der Waals surface area contributed by atoms with E-state index < -0.39 is 18.1 Å². The Morgan fingerprint density at radius 2 is 1.56 bits per heavy atom. The van der Waals surface area contributed by atoms with Crippen molar-refractivity contribution < 1.29 is 19.1 Å². The molecule has 0 radical (unpaired) electrons. The summed E-state index contributed by atoms with van der Waals surface area (Å²) in [5, 5.41) is 2.60. The number of rotatable bonds is 7. The topological polar surface area (TPSA) is 64.6 Å². The summed E-state index contributed by atoms with van der Waals surface area (Å²) in [7, 11) is 0. The van der Waals surface area contributed by atoms with Crippen molar-refractivity contribution in [2.24, 2.45) is 5.92 Å². The lowest BCUT2D eigenvalue weighted by Crippen LogP contribution is -2.43. The fourth-order valence-corrected chi connectivity index (χ4v) is 2.28. The minimum absolute atomic E-state index is 0.170. The normalized spacial score (nSPS) is 11.6. The molecule has 0 saturated carbocycles. The summed E-state index contributed by atoms with van der Waals surface area (Å²) in [4.78, 5) is 24.4. The Balaban J connectivity index is 1.92. The average molecular weight is 341 g/mol. The molecule has 1 N–H and O–H groups in total. The van der Waals surface area contributed by atoms with Crippen LogP contribution in [0.1, 0.15) is 25.8 Å². The molecule has 1 amide bonds. The lowest BCUT2D eigenvalue weighted by molar-refractivity contribution is -0.147. The van der Waals surface area contributed by atoms with Crippen LogP contribution < -0.4 is 10.1 Å². The van der Waals surface area contributed by atoms with Gasteiger partial charge in [0.2, 0.25) is 0 Å². The van der Waals surface area contributed by atoms with Gasteiger partial charge in [0.15, 0.2) is 0 Å². The van der Waals surface area contributed by atoms with Gasteiger partial charge in [-0.1, -0.05) is 62.4 Å². The predicted molar refractivity (Wildman–Crippen MR) is 95.1 cm³/mol. The molecule has 2 rings (SSSR count). The highest BCUT2D eigenvalue weighted by molar-refractivity contribution is 5.82. The van der Waals surface area contributed by atoms with Crippen LogP contribution in [0.25, 0.3) is 0 Å². The minimum Gasteiger partial charge on any atom is -0.459 e. The van der Waals surface area contributed by atoms with Crippen LogP contribution in [0.3, 0.4) is 0 Å². The predicted octanol–water partition coefficient (Wildman–Crippen LogP) is 3.93. The first-order valence-electron chi connectivity index (χ1n) is 8.28. The van der Waals surface area contributed by atoms with E-state index in [4.69, 9.17) is 9.47 Å². The summed E-state index contributed by atoms with van der Waals surface area (Å²) in [5.41, 5.74) is 0.894. The fraction of sp³-hybridized carbons (Fsp3) is 0.300. The van der Waals surface area contributed by atoms with Gasteiger partial charge in [0.1, 0.15) is 18.4 Å². The van der Waals surface area contributed by atoms with Crippen molar-refractivity contribution in [1.82, 2.24) is 5.32 Å². The largest absolute Gasteiger partial charge is 0.459 e. The van der Waals surface area contributed by atoms with Crippen LogP contribution >= 0.6 is 0 Å². The SMILES string of the molecule is CC(C)C[C@H](NC(=O)Oc1ccccc1)C(=O)OCc1ccccc1. The van der Waals surface area contributed by atoms with E-state index in [0.717, 1.165) is 5.56 Å². The molecular formula is C20H23NO4. The molecule has 0 saturated heterocycles. The number of para-hydroxylation sites is 1. The molecule has 0 heterocycles. The number of esters is 1. The van der Waals surface area contributed by atoms with Crippen LogP contribution in [0.2, 0.25) is 0 Å². The number of amides is 1. The van der Waals surface area contributed by atoms with Crippen molar-refractivity contribution in [2.45, 2.75) is 32.9 Å². The molecule has 2 aromatic carbocycles. The van der Waals surface area contributed by atoms with Gasteiger partial charge in [-0.25, -0.2) is 9.59 Å². The molecule has 0 bridgehead atoms. The number of hydrogen-bond acceptors (Lipinski definition) is 4. The second-order valence-electron chi connectivity index (χ2n) is 6.12. The third-order valence-corrected chi connectivity index (χ3v) is 3.46. The summed E-state index contributed by atoms with van der Waals surface area (Å²) in [6, 6.07) is 17.4. The molecule has 5 nitrogen and oxygen atoms in total. The molecule has 132 valence electrons. The molecule has 1 atom stereocenters. The summed E-state index contributed by atoms with van der Waals surface area (Å²) in [6.07, 6.45) is -0.203. The van der Waals surface area contributed by atoms with Crippen molar-refractivity contribution >= 4 is 12.1 Å². The van der Waals surface area contributed by atoms with Gasteiger partial charge in [0.05, 0.1) is 0 Å². The summed E-state index contributed by atoms with van der Waals surface area (Å²) >= 11 is 0. The summed E-state index contributed by atoms with van der Waals surface area (Å²) in [6.45, 7) is 4.12. The first-order valence-corrected chi connectivity index (χ1v) is 8.28. The minimum atomic E-state index is -0.750. The van der Waals surface area contributed by atoms with Crippen molar-refractivity contribution in [3.05, 3.63) is 66.2 Å². The zero-order valence-electron chi connectivity index (χ0n) is 14.5. The summed E-state index contributed by atoms with van der Waals surface area (Å²) < 4.78 is 10.5. The highest BCUT2D eigenvalue weighted by atomic mass is 16.6. The van der Waals surface area contributed by atoms with Gasteiger partial charge in [0, 0.05) is 0 Å². The van der Waals surface area contributed by atoms with E-state index in [0.29, 0.717) is 12.2 Å². The number of nitrogens with one attached hydrogen (secondary N) is 1. The molecular weight excluding hydrogens is 318 g/mol. The van der Waals surface area contributed by atoms with Crippen molar-refractivity contribution in [3.8, 4) is 5.75 Å². The van der Waals surface area contributed by atoms with Gasteiger partial charge >= 0.3 is 12.1 Å². The van der Waals surface area contributed by atoms with Gasteiger partial charge in [0.25, 0.3) is 0 Å². The number of benzene rings is 2. The molecule has 0 fully saturated rings. The maximum Gasteiger partial charge on any atom is 0.413 e. The van der Waals surface area contributed by atoms with E-state index in [9.17, 15) is 9.59 Å². The smallest absolute Gasteiger partial charge is 0.413 e. The van der Waals surface area contributed by atoms with Gasteiger partial charge in [-0.2, -0.15) is 0 Å². The third-order valence-electron chi connectivity index (χ3n) is 3.46. The number of carbonyl (C=O) groups is 2. The Hall–Kier alpha value is -2.82. The van der Waals surface area contributed by atoms with Gasteiger partial charge in [-0.05, 0) is 30.0 Å². The van der Waals surface area contributed by atoms with Crippen LogP contribution in [0.15, 0.2) is 60.7 Å². The zero-order valence-corrected chi connectivity index (χ0v) is 14.5. The van der Waals surface area contributed by atoms with Crippen LogP contribution in [-0.2, 0) is 16.1 Å². The van der Waals surface area contributed by atoms with E-state index in [1.807, 2.05) is 50.2 Å².